The smallest absolute Gasteiger partial charge is 0.0850 e. The van der Waals surface area contributed by atoms with E-state index in [1.165, 1.54) is 0 Å². The largest absolute Gasteiger partial charge is 0.271 e. The van der Waals surface area contributed by atoms with Crippen molar-refractivity contribution in [3.63, 3.8) is 0 Å². The molecule has 0 amide bonds. The predicted octanol–water partition coefficient (Wildman–Crippen LogP) is 1.59. The zero-order chi connectivity index (χ0) is 12.1. The molecule has 0 aliphatic carbocycles. The molecule has 0 aromatic carbocycles. The number of halogens is 1. The highest BCUT2D eigenvalue weighted by molar-refractivity contribution is 6.31. The lowest BCUT2D eigenvalue weighted by Gasteiger charge is -2.13. The van der Waals surface area contributed by atoms with E-state index in [0.29, 0.717) is 0 Å². The minimum atomic E-state index is 0.148. The van der Waals surface area contributed by atoms with Crippen LogP contribution in [0.15, 0.2) is 12.7 Å². The highest BCUT2D eigenvalue weighted by atomic mass is 35.5. The average molecular weight is 243 g/mol. The molecule has 0 bridgehead atoms. The molecule has 1 rings (SSSR count). The molecule has 0 spiro atoms. The Labute approximate surface area is 101 Å². The Bertz CT molecular complexity index is 359. The monoisotopic (exact) mass is 242 g/mol. The van der Waals surface area contributed by atoms with E-state index in [2.05, 4.69) is 17.1 Å². The van der Waals surface area contributed by atoms with Crippen LogP contribution >= 0.6 is 11.6 Å². The van der Waals surface area contributed by atoms with Gasteiger partial charge in [0.05, 0.1) is 16.4 Å². The van der Waals surface area contributed by atoms with Crippen molar-refractivity contribution in [1.29, 1.82) is 0 Å². The highest BCUT2D eigenvalue weighted by Crippen LogP contribution is 2.22. The fourth-order valence-corrected chi connectivity index (χ4v) is 2.06. The average Bonchev–Trinajstić information content (AvgIpc) is 2.55. The third-order valence-electron chi connectivity index (χ3n) is 2.63. The lowest BCUT2D eigenvalue weighted by atomic mass is 10.1. The van der Waals surface area contributed by atoms with E-state index < -0.39 is 0 Å². The van der Waals surface area contributed by atoms with Crippen molar-refractivity contribution in [2.24, 2.45) is 12.9 Å². The Morgan fingerprint density at radius 2 is 2.38 bits per heavy atom. The molecule has 3 N–H and O–H groups in total. The summed E-state index contributed by atoms with van der Waals surface area (Å²) in [5.41, 5.74) is 4.72. The lowest BCUT2D eigenvalue weighted by molar-refractivity contribution is 0.512. The first-order valence-electron chi connectivity index (χ1n) is 5.41. The van der Waals surface area contributed by atoms with Crippen LogP contribution in [0, 0.1) is 0 Å². The molecule has 90 valence electrons. The maximum Gasteiger partial charge on any atom is 0.0850 e. The van der Waals surface area contributed by atoms with Crippen molar-refractivity contribution in [3.05, 3.63) is 29.1 Å². The van der Waals surface area contributed by atoms with Crippen LogP contribution in [0.4, 0.5) is 0 Å². The van der Waals surface area contributed by atoms with Gasteiger partial charge < -0.3 is 0 Å². The van der Waals surface area contributed by atoms with Gasteiger partial charge in [-0.25, -0.2) is 0 Å². The molecular weight excluding hydrogens is 224 g/mol. The van der Waals surface area contributed by atoms with Crippen molar-refractivity contribution in [1.82, 2.24) is 15.2 Å². The third-order valence-corrected chi connectivity index (χ3v) is 3.07. The molecule has 1 aromatic rings. The van der Waals surface area contributed by atoms with Crippen molar-refractivity contribution in [2.75, 3.05) is 0 Å². The standard InChI is InChI=1S/C11H19ClN4/c1-4-6-8(14-13)7-10-11(12)9(5-2)15-16(10)3/h4,8,14H,1,5-7,13H2,2-3H3. The molecule has 1 heterocycles. The molecule has 0 saturated heterocycles. The van der Waals surface area contributed by atoms with Crippen LogP contribution in [0.5, 0.6) is 0 Å². The summed E-state index contributed by atoms with van der Waals surface area (Å²) in [4.78, 5) is 0. The summed E-state index contributed by atoms with van der Waals surface area (Å²) in [7, 11) is 1.90. The van der Waals surface area contributed by atoms with E-state index in [9.17, 15) is 0 Å². The normalized spacial score (nSPS) is 12.8. The van der Waals surface area contributed by atoms with Gasteiger partial charge in [-0.3, -0.25) is 16.0 Å². The number of aromatic nitrogens is 2. The van der Waals surface area contributed by atoms with Gasteiger partial charge in [0, 0.05) is 19.5 Å². The highest BCUT2D eigenvalue weighted by Gasteiger charge is 2.16. The van der Waals surface area contributed by atoms with Crippen LogP contribution < -0.4 is 11.3 Å². The quantitative estimate of drug-likeness (QED) is 0.453. The maximum absolute atomic E-state index is 6.25. The summed E-state index contributed by atoms with van der Waals surface area (Å²) in [6.07, 6.45) is 4.24. The fraction of sp³-hybridized carbons (Fsp3) is 0.545. The lowest BCUT2D eigenvalue weighted by Crippen LogP contribution is -2.36. The summed E-state index contributed by atoms with van der Waals surface area (Å²) in [6, 6.07) is 0.148. The molecule has 0 aliphatic heterocycles. The van der Waals surface area contributed by atoms with Gasteiger partial charge in [-0.2, -0.15) is 5.10 Å². The summed E-state index contributed by atoms with van der Waals surface area (Å²) < 4.78 is 1.83. The van der Waals surface area contributed by atoms with Crippen LogP contribution in [0.25, 0.3) is 0 Å². The van der Waals surface area contributed by atoms with Gasteiger partial charge in [-0.15, -0.1) is 6.58 Å². The minimum Gasteiger partial charge on any atom is -0.271 e. The number of rotatable bonds is 6. The minimum absolute atomic E-state index is 0.148. The molecule has 0 radical (unpaired) electrons. The first kappa shape index (κ1) is 13.2. The number of hydrazine groups is 1. The molecular formula is C11H19ClN4. The van der Waals surface area contributed by atoms with Gasteiger partial charge in [0.1, 0.15) is 0 Å². The van der Waals surface area contributed by atoms with Gasteiger partial charge in [0.15, 0.2) is 0 Å². The number of nitrogens with one attached hydrogen (secondary N) is 1. The van der Waals surface area contributed by atoms with Crippen LogP contribution in [0.3, 0.4) is 0 Å². The molecule has 16 heavy (non-hydrogen) atoms. The van der Waals surface area contributed by atoms with E-state index in [4.69, 9.17) is 17.4 Å². The van der Waals surface area contributed by atoms with E-state index in [-0.39, 0.29) is 6.04 Å². The molecule has 4 nitrogen and oxygen atoms in total. The van der Waals surface area contributed by atoms with Crippen LogP contribution in [-0.2, 0) is 19.9 Å². The second-order valence-electron chi connectivity index (χ2n) is 3.78. The van der Waals surface area contributed by atoms with Crippen LogP contribution in [-0.4, -0.2) is 15.8 Å². The number of nitrogens with zero attached hydrogens (tertiary/aromatic N) is 2. The second kappa shape index (κ2) is 6.03. The summed E-state index contributed by atoms with van der Waals surface area (Å²) >= 11 is 6.25. The zero-order valence-electron chi connectivity index (χ0n) is 9.83. The van der Waals surface area contributed by atoms with Gasteiger partial charge in [0.25, 0.3) is 0 Å². The molecule has 0 fully saturated rings. The van der Waals surface area contributed by atoms with Gasteiger partial charge in [0.2, 0.25) is 0 Å². The number of hydrogen-bond donors (Lipinski definition) is 2. The summed E-state index contributed by atoms with van der Waals surface area (Å²) in [5, 5.41) is 5.13. The van der Waals surface area contributed by atoms with Crippen molar-refractivity contribution < 1.29 is 0 Å². The summed E-state index contributed by atoms with van der Waals surface area (Å²) in [6.45, 7) is 5.75. The molecule has 0 saturated carbocycles. The number of hydrogen-bond acceptors (Lipinski definition) is 3. The Hall–Kier alpha value is -0.840. The Balaban J connectivity index is 2.86. The third kappa shape index (κ3) is 2.84. The van der Waals surface area contributed by atoms with Gasteiger partial charge in [-0.1, -0.05) is 24.6 Å². The van der Waals surface area contributed by atoms with Crippen molar-refractivity contribution in [2.45, 2.75) is 32.2 Å². The van der Waals surface area contributed by atoms with E-state index in [1.54, 1.807) is 0 Å². The molecule has 1 atom stereocenters. The Kier molecular flexibility index (Phi) is 4.99. The van der Waals surface area contributed by atoms with E-state index in [1.807, 2.05) is 24.7 Å². The molecule has 0 aliphatic rings. The number of aryl methyl sites for hydroxylation is 2. The Morgan fingerprint density at radius 3 is 2.81 bits per heavy atom. The van der Waals surface area contributed by atoms with E-state index >= 15 is 0 Å². The molecule has 5 heteroatoms. The van der Waals surface area contributed by atoms with Crippen molar-refractivity contribution >= 4 is 11.6 Å². The predicted molar refractivity (Wildman–Crippen MR) is 67.2 cm³/mol. The first-order chi connectivity index (χ1) is 7.63. The number of nitrogens with two attached hydrogens (primary N) is 1. The Morgan fingerprint density at radius 1 is 1.69 bits per heavy atom. The first-order valence-corrected chi connectivity index (χ1v) is 5.79. The van der Waals surface area contributed by atoms with Crippen LogP contribution in [0.2, 0.25) is 5.02 Å². The second-order valence-corrected chi connectivity index (χ2v) is 4.15. The van der Waals surface area contributed by atoms with Gasteiger partial charge >= 0.3 is 0 Å². The topological polar surface area (TPSA) is 55.9 Å². The summed E-state index contributed by atoms with van der Waals surface area (Å²) in [5.74, 6) is 5.48. The van der Waals surface area contributed by atoms with Crippen molar-refractivity contribution in [3.8, 4) is 0 Å². The van der Waals surface area contributed by atoms with E-state index in [0.717, 1.165) is 35.7 Å². The molecule has 1 unspecified atom stereocenters. The van der Waals surface area contributed by atoms with Gasteiger partial charge in [-0.05, 0) is 12.8 Å². The SMILES string of the molecule is C=CCC(Cc1c(Cl)c(CC)nn1C)NN. The van der Waals surface area contributed by atoms with Crippen LogP contribution in [0.1, 0.15) is 24.7 Å². The fourth-order valence-electron chi connectivity index (χ4n) is 1.69. The molecule has 1 aromatic heterocycles. The maximum atomic E-state index is 6.25. The zero-order valence-corrected chi connectivity index (χ0v) is 10.6.